The molecular formula is C16H14ClNO2. The molecule has 3 nitrogen and oxygen atoms in total. The quantitative estimate of drug-likeness (QED) is 0.912. The van der Waals surface area contributed by atoms with Crippen LogP contribution in [0.3, 0.4) is 0 Å². The molecule has 0 saturated heterocycles. The lowest BCUT2D eigenvalue weighted by molar-refractivity contribution is 0.199. The van der Waals surface area contributed by atoms with Crippen molar-refractivity contribution in [3.8, 4) is 17.6 Å². The molecule has 2 aromatic rings. The summed E-state index contributed by atoms with van der Waals surface area (Å²) in [7, 11) is 0. The topological polar surface area (TPSA) is 53.2 Å². The summed E-state index contributed by atoms with van der Waals surface area (Å²) in [6.07, 6.45) is -0.579. The molecule has 0 bridgehead atoms. The van der Waals surface area contributed by atoms with Crippen molar-refractivity contribution in [1.82, 2.24) is 0 Å². The van der Waals surface area contributed by atoms with Crippen molar-refractivity contribution in [1.29, 1.82) is 5.26 Å². The molecule has 2 aromatic carbocycles. The number of aliphatic hydroxyl groups is 1. The highest BCUT2D eigenvalue weighted by atomic mass is 35.5. The third kappa shape index (κ3) is 3.11. The number of ether oxygens (including phenoxy) is 1. The van der Waals surface area contributed by atoms with E-state index in [1.54, 1.807) is 37.3 Å². The predicted octanol–water partition coefficient (Wildman–Crippen LogP) is 4.37. The van der Waals surface area contributed by atoms with Crippen molar-refractivity contribution in [2.24, 2.45) is 0 Å². The summed E-state index contributed by atoms with van der Waals surface area (Å²) in [6.45, 7) is 3.57. The van der Waals surface area contributed by atoms with Gasteiger partial charge < -0.3 is 9.84 Å². The zero-order valence-electron chi connectivity index (χ0n) is 11.2. The molecule has 1 N–H and O–H groups in total. The van der Waals surface area contributed by atoms with Crippen LogP contribution in [0, 0.1) is 18.3 Å². The zero-order valence-corrected chi connectivity index (χ0v) is 12.0. The number of nitriles is 1. The smallest absolute Gasteiger partial charge is 0.146 e. The highest BCUT2D eigenvalue weighted by Gasteiger charge is 2.09. The van der Waals surface area contributed by atoms with Crippen LogP contribution in [-0.2, 0) is 0 Å². The lowest BCUT2D eigenvalue weighted by Crippen LogP contribution is -1.93. The normalized spacial score (nSPS) is 11.8. The maximum absolute atomic E-state index is 9.51. The van der Waals surface area contributed by atoms with Crippen LogP contribution < -0.4 is 4.74 Å². The molecule has 0 aromatic heterocycles. The van der Waals surface area contributed by atoms with Crippen molar-refractivity contribution in [2.45, 2.75) is 20.0 Å². The van der Waals surface area contributed by atoms with Crippen LogP contribution in [0.5, 0.6) is 11.5 Å². The van der Waals surface area contributed by atoms with E-state index in [1.165, 1.54) is 0 Å². The van der Waals surface area contributed by atoms with Gasteiger partial charge >= 0.3 is 0 Å². The Balaban J connectivity index is 2.33. The number of halogens is 1. The van der Waals surface area contributed by atoms with Gasteiger partial charge in [-0.25, -0.2) is 0 Å². The summed E-state index contributed by atoms with van der Waals surface area (Å²) in [5, 5.41) is 18.8. The minimum Gasteiger partial charge on any atom is -0.455 e. The van der Waals surface area contributed by atoms with E-state index in [4.69, 9.17) is 21.6 Å². The second-order valence-corrected chi connectivity index (χ2v) is 4.97. The van der Waals surface area contributed by atoms with E-state index in [0.29, 0.717) is 22.1 Å². The van der Waals surface area contributed by atoms with Gasteiger partial charge in [0.25, 0.3) is 0 Å². The maximum Gasteiger partial charge on any atom is 0.146 e. The lowest BCUT2D eigenvalue weighted by Gasteiger charge is -2.12. The number of hydrogen-bond acceptors (Lipinski definition) is 3. The molecule has 0 spiro atoms. The summed E-state index contributed by atoms with van der Waals surface area (Å²) in [6, 6.07) is 12.5. The number of benzene rings is 2. The van der Waals surface area contributed by atoms with Gasteiger partial charge in [-0.2, -0.15) is 5.26 Å². The van der Waals surface area contributed by atoms with E-state index in [2.05, 4.69) is 6.07 Å². The molecule has 0 radical (unpaired) electrons. The minimum absolute atomic E-state index is 0.421. The summed E-state index contributed by atoms with van der Waals surface area (Å²) in [5.41, 5.74) is 2.17. The number of nitrogens with zero attached hydrogens (tertiary/aromatic N) is 1. The molecule has 20 heavy (non-hydrogen) atoms. The standard InChI is InChI=1S/C16H14ClNO2/c1-10-3-4-12(9-18)7-16(10)20-15-6-5-13(11(2)19)8-14(15)17/h3-8,11,19H,1-2H3. The Morgan fingerprint density at radius 1 is 1.20 bits per heavy atom. The van der Waals surface area contributed by atoms with Crippen molar-refractivity contribution >= 4 is 11.6 Å². The molecule has 1 unspecified atom stereocenters. The Bertz CT molecular complexity index is 675. The SMILES string of the molecule is Cc1ccc(C#N)cc1Oc1ccc(C(C)O)cc1Cl. The molecule has 0 amide bonds. The Labute approximate surface area is 123 Å². The first-order valence-corrected chi connectivity index (χ1v) is 6.55. The highest BCUT2D eigenvalue weighted by molar-refractivity contribution is 6.32. The van der Waals surface area contributed by atoms with E-state index in [0.717, 1.165) is 11.1 Å². The van der Waals surface area contributed by atoms with Gasteiger partial charge in [0, 0.05) is 0 Å². The number of rotatable bonds is 3. The molecule has 2 rings (SSSR count). The van der Waals surface area contributed by atoms with Crippen LogP contribution in [0.2, 0.25) is 5.02 Å². The summed E-state index contributed by atoms with van der Waals surface area (Å²) in [5.74, 6) is 1.09. The second-order valence-electron chi connectivity index (χ2n) is 4.56. The molecule has 0 fully saturated rings. The van der Waals surface area contributed by atoms with Gasteiger partial charge in [-0.05, 0) is 49.2 Å². The number of aryl methyl sites for hydroxylation is 1. The second kappa shape index (κ2) is 5.96. The van der Waals surface area contributed by atoms with Crippen LogP contribution >= 0.6 is 11.6 Å². The van der Waals surface area contributed by atoms with Crippen LogP contribution in [0.25, 0.3) is 0 Å². The third-order valence-corrected chi connectivity index (χ3v) is 3.27. The monoisotopic (exact) mass is 287 g/mol. The first-order valence-electron chi connectivity index (χ1n) is 6.17. The Hall–Kier alpha value is -2.02. The predicted molar refractivity (Wildman–Crippen MR) is 78.1 cm³/mol. The minimum atomic E-state index is -0.579. The number of aliphatic hydroxyl groups excluding tert-OH is 1. The largest absolute Gasteiger partial charge is 0.455 e. The van der Waals surface area contributed by atoms with E-state index < -0.39 is 6.10 Å². The van der Waals surface area contributed by atoms with E-state index in [-0.39, 0.29) is 0 Å². The highest BCUT2D eigenvalue weighted by Crippen LogP contribution is 2.33. The molecule has 1 atom stereocenters. The molecule has 0 aliphatic carbocycles. The van der Waals surface area contributed by atoms with Gasteiger partial charge in [0.05, 0.1) is 22.8 Å². The molecule has 0 aliphatic heterocycles. The average molecular weight is 288 g/mol. The zero-order chi connectivity index (χ0) is 14.7. The molecule has 102 valence electrons. The summed E-state index contributed by atoms with van der Waals surface area (Å²) in [4.78, 5) is 0. The van der Waals surface area contributed by atoms with Crippen molar-refractivity contribution < 1.29 is 9.84 Å². The molecule has 0 heterocycles. The third-order valence-electron chi connectivity index (χ3n) is 2.98. The fraction of sp³-hybridized carbons (Fsp3) is 0.188. The van der Waals surface area contributed by atoms with Crippen LogP contribution in [0.15, 0.2) is 36.4 Å². The Morgan fingerprint density at radius 3 is 2.55 bits per heavy atom. The summed E-state index contributed by atoms with van der Waals surface area (Å²) >= 11 is 6.15. The average Bonchev–Trinajstić information content (AvgIpc) is 2.43. The van der Waals surface area contributed by atoms with Crippen molar-refractivity contribution in [3.05, 3.63) is 58.1 Å². The molecule has 0 saturated carbocycles. The van der Waals surface area contributed by atoms with Crippen molar-refractivity contribution in [3.63, 3.8) is 0 Å². The fourth-order valence-electron chi connectivity index (χ4n) is 1.76. The lowest BCUT2D eigenvalue weighted by atomic mass is 10.1. The maximum atomic E-state index is 9.51. The Morgan fingerprint density at radius 2 is 1.95 bits per heavy atom. The fourth-order valence-corrected chi connectivity index (χ4v) is 1.99. The van der Waals surface area contributed by atoms with Gasteiger partial charge in [-0.3, -0.25) is 0 Å². The molecular weight excluding hydrogens is 274 g/mol. The van der Waals surface area contributed by atoms with Gasteiger partial charge in [-0.1, -0.05) is 23.7 Å². The van der Waals surface area contributed by atoms with E-state index in [1.807, 2.05) is 13.0 Å². The van der Waals surface area contributed by atoms with Gasteiger partial charge in [0.2, 0.25) is 0 Å². The molecule has 0 aliphatic rings. The van der Waals surface area contributed by atoms with Gasteiger partial charge in [0.1, 0.15) is 11.5 Å². The summed E-state index contributed by atoms with van der Waals surface area (Å²) < 4.78 is 5.75. The first-order chi connectivity index (χ1) is 9.51. The number of hydrogen-bond donors (Lipinski definition) is 1. The van der Waals surface area contributed by atoms with E-state index >= 15 is 0 Å². The van der Waals surface area contributed by atoms with Crippen LogP contribution in [0.1, 0.15) is 29.7 Å². The van der Waals surface area contributed by atoms with Crippen LogP contribution in [-0.4, -0.2) is 5.11 Å². The van der Waals surface area contributed by atoms with Gasteiger partial charge in [0.15, 0.2) is 0 Å². The Kier molecular flexibility index (Phi) is 4.29. The molecule has 4 heteroatoms. The first kappa shape index (κ1) is 14.4. The van der Waals surface area contributed by atoms with Crippen molar-refractivity contribution in [2.75, 3.05) is 0 Å². The van der Waals surface area contributed by atoms with Gasteiger partial charge in [-0.15, -0.1) is 0 Å². The van der Waals surface area contributed by atoms with E-state index in [9.17, 15) is 5.11 Å². The van der Waals surface area contributed by atoms with Crippen LogP contribution in [0.4, 0.5) is 0 Å².